The molecule has 28 heavy (non-hydrogen) atoms. The highest BCUT2D eigenvalue weighted by Crippen LogP contribution is 2.40. The van der Waals surface area contributed by atoms with E-state index in [0.717, 1.165) is 43.5 Å². The normalized spacial score (nSPS) is 13.9. The Kier molecular flexibility index (Phi) is 5.81. The molecule has 0 saturated carbocycles. The Morgan fingerprint density at radius 1 is 1.04 bits per heavy atom. The van der Waals surface area contributed by atoms with Crippen molar-refractivity contribution in [1.29, 1.82) is 0 Å². The van der Waals surface area contributed by atoms with E-state index in [-0.39, 0.29) is 10.8 Å². The fourth-order valence-corrected chi connectivity index (χ4v) is 4.23. The Morgan fingerprint density at radius 2 is 1.64 bits per heavy atom. The summed E-state index contributed by atoms with van der Waals surface area (Å²) in [7, 11) is 0. The lowest BCUT2D eigenvalue weighted by atomic mass is 9.78. The van der Waals surface area contributed by atoms with E-state index in [1.807, 2.05) is 24.3 Å². The SMILES string of the molecule is CC(C)(C)c1cc(C(=S)SCc2ccc3c(c2)OOC3)cc(C(C)(C)C)c1O. The topological polar surface area (TPSA) is 38.7 Å². The number of benzene rings is 2. The van der Waals surface area contributed by atoms with Crippen molar-refractivity contribution < 1.29 is 14.9 Å². The maximum Gasteiger partial charge on any atom is 0.171 e. The van der Waals surface area contributed by atoms with Crippen molar-refractivity contribution >= 4 is 28.2 Å². The summed E-state index contributed by atoms with van der Waals surface area (Å²) in [6.07, 6.45) is 0. The molecule has 2 aromatic carbocycles. The molecule has 1 heterocycles. The first-order valence-corrected chi connectivity index (χ1v) is 10.8. The second kappa shape index (κ2) is 7.69. The number of phenolic OH excluding ortho intramolecular Hbond substituents is 1. The van der Waals surface area contributed by atoms with Crippen molar-refractivity contribution in [3.8, 4) is 11.5 Å². The average molecular weight is 417 g/mol. The Labute approximate surface area is 177 Å². The second-order valence-corrected chi connectivity index (χ2v) is 10.9. The van der Waals surface area contributed by atoms with Crippen LogP contribution in [-0.4, -0.2) is 9.30 Å². The van der Waals surface area contributed by atoms with Crippen molar-refractivity contribution in [3.63, 3.8) is 0 Å². The van der Waals surface area contributed by atoms with Gasteiger partial charge >= 0.3 is 0 Å². The molecule has 0 atom stereocenters. The van der Waals surface area contributed by atoms with E-state index in [2.05, 4.69) is 47.6 Å². The molecule has 150 valence electrons. The lowest BCUT2D eigenvalue weighted by Crippen LogP contribution is -2.18. The van der Waals surface area contributed by atoms with Crippen LogP contribution >= 0.6 is 24.0 Å². The maximum atomic E-state index is 10.9. The average Bonchev–Trinajstić information content (AvgIpc) is 3.05. The van der Waals surface area contributed by atoms with E-state index in [9.17, 15) is 5.11 Å². The molecule has 0 fully saturated rings. The minimum Gasteiger partial charge on any atom is -0.507 e. The van der Waals surface area contributed by atoms with Gasteiger partial charge in [0.2, 0.25) is 0 Å². The first-order valence-electron chi connectivity index (χ1n) is 9.43. The summed E-state index contributed by atoms with van der Waals surface area (Å²) >= 11 is 7.38. The molecule has 0 amide bonds. The van der Waals surface area contributed by atoms with Gasteiger partial charge in [0.1, 0.15) is 12.4 Å². The number of hydrogen-bond acceptors (Lipinski definition) is 5. The molecule has 0 unspecified atom stereocenters. The zero-order valence-corrected chi connectivity index (χ0v) is 19.0. The number of aromatic hydroxyl groups is 1. The quantitative estimate of drug-likeness (QED) is 0.462. The zero-order chi connectivity index (χ0) is 20.7. The molecule has 0 spiro atoms. The predicted molar refractivity (Wildman–Crippen MR) is 120 cm³/mol. The van der Waals surface area contributed by atoms with E-state index in [1.54, 1.807) is 11.8 Å². The Bertz CT molecular complexity index is 870. The van der Waals surface area contributed by atoms with Crippen LogP contribution in [0.2, 0.25) is 0 Å². The van der Waals surface area contributed by atoms with Crippen molar-refractivity contribution in [2.75, 3.05) is 0 Å². The summed E-state index contributed by atoms with van der Waals surface area (Å²) in [5.41, 5.74) is 4.73. The molecule has 3 nitrogen and oxygen atoms in total. The third-order valence-electron chi connectivity index (χ3n) is 4.83. The van der Waals surface area contributed by atoms with Crippen LogP contribution in [0.1, 0.15) is 69.4 Å². The number of rotatable bonds is 3. The van der Waals surface area contributed by atoms with E-state index >= 15 is 0 Å². The summed E-state index contributed by atoms with van der Waals surface area (Å²) in [5, 5.41) is 10.9. The molecular formula is C23H28O3S2. The lowest BCUT2D eigenvalue weighted by Gasteiger charge is -2.28. The smallest absolute Gasteiger partial charge is 0.171 e. The highest BCUT2D eigenvalue weighted by Gasteiger charge is 2.27. The summed E-state index contributed by atoms with van der Waals surface area (Å²) in [5.74, 6) is 1.93. The predicted octanol–water partition coefficient (Wildman–Crippen LogP) is 6.42. The first kappa shape index (κ1) is 21.2. The Balaban J connectivity index is 1.86. The highest BCUT2D eigenvalue weighted by atomic mass is 32.2. The van der Waals surface area contributed by atoms with E-state index in [0.29, 0.717) is 12.4 Å². The van der Waals surface area contributed by atoms with Gasteiger partial charge in [0.25, 0.3) is 0 Å². The molecule has 3 rings (SSSR count). The number of fused-ring (bicyclic) bond motifs is 1. The molecular weight excluding hydrogens is 388 g/mol. The van der Waals surface area contributed by atoms with E-state index in [4.69, 9.17) is 22.0 Å². The zero-order valence-electron chi connectivity index (χ0n) is 17.4. The molecule has 2 aromatic rings. The maximum absolute atomic E-state index is 10.9. The monoisotopic (exact) mass is 416 g/mol. The van der Waals surface area contributed by atoms with Crippen LogP contribution in [-0.2, 0) is 28.1 Å². The highest BCUT2D eigenvalue weighted by molar-refractivity contribution is 8.23. The molecule has 1 aliphatic heterocycles. The summed E-state index contributed by atoms with van der Waals surface area (Å²) in [4.78, 5) is 10.2. The van der Waals surface area contributed by atoms with Gasteiger partial charge in [0, 0.05) is 22.4 Å². The van der Waals surface area contributed by atoms with Crippen LogP contribution in [0.15, 0.2) is 30.3 Å². The van der Waals surface area contributed by atoms with Crippen LogP contribution in [0.3, 0.4) is 0 Å². The standard InChI is InChI=1S/C23H28O3S2/c1-22(2,3)17-10-16(11-18(20(17)24)23(4,5)6)21(27)28-13-14-7-8-15-12-25-26-19(15)9-14/h7-11,24H,12-13H2,1-6H3. The van der Waals surface area contributed by atoms with Gasteiger partial charge in [-0.25, -0.2) is 0 Å². The van der Waals surface area contributed by atoms with Gasteiger partial charge in [-0.15, -0.1) is 11.8 Å². The van der Waals surface area contributed by atoms with Crippen LogP contribution in [0.25, 0.3) is 0 Å². The third-order valence-corrected chi connectivity index (χ3v) is 6.39. The van der Waals surface area contributed by atoms with Crippen LogP contribution < -0.4 is 4.89 Å². The van der Waals surface area contributed by atoms with Crippen LogP contribution in [0.4, 0.5) is 0 Å². The van der Waals surface area contributed by atoms with E-state index < -0.39 is 0 Å². The van der Waals surface area contributed by atoms with Gasteiger partial charge in [-0.05, 0) is 40.2 Å². The summed E-state index contributed by atoms with van der Waals surface area (Å²) in [6.45, 7) is 13.2. The number of hydrogen-bond donors (Lipinski definition) is 1. The molecule has 0 saturated heterocycles. The summed E-state index contributed by atoms with van der Waals surface area (Å²) < 4.78 is 0.827. The van der Waals surface area contributed by atoms with Gasteiger partial charge in [-0.3, -0.25) is 0 Å². The van der Waals surface area contributed by atoms with Gasteiger partial charge in [0.05, 0.1) is 4.20 Å². The molecule has 0 radical (unpaired) electrons. The van der Waals surface area contributed by atoms with Crippen molar-refractivity contribution in [3.05, 3.63) is 58.1 Å². The fraction of sp³-hybridized carbons (Fsp3) is 0.435. The number of phenols is 1. The van der Waals surface area contributed by atoms with Gasteiger partial charge in [0.15, 0.2) is 5.75 Å². The van der Waals surface area contributed by atoms with Crippen molar-refractivity contribution in [1.82, 2.24) is 0 Å². The minimum atomic E-state index is -0.169. The van der Waals surface area contributed by atoms with Crippen LogP contribution in [0.5, 0.6) is 11.5 Å². The largest absolute Gasteiger partial charge is 0.507 e. The van der Waals surface area contributed by atoms with Crippen LogP contribution in [0, 0.1) is 0 Å². The van der Waals surface area contributed by atoms with Gasteiger partial charge < -0.3 is 9.99 Å². The Hall–Kier alpha value is -1.56. The summed E-state index contributed by atoms with van der Waals surface area (Å²) in [6, 6.07) is 10.2. The molecule has 0 aromatic heterocycles. The first-order chi connectivity index (χ1) is 13.0. The van der Waals surface area contributed by atoms with Gasteiger partial charge in [-0.1, -0.05) is 65.9 Å². The van der Waals surface area contributed by atoms with Gasteiger partial charge in [-0.2, -0.15) is 4.89 Å². The van der Waals surface area contributed by atoms with E-state index in [1.165, 1.54) is 0 Å². The molecule has 0 aliphatic carbocycles. The van der Waals surface area contributed by atoms with Crippen molar-refractivity contribution in [2.45, 2.75) is 64.7 Å². The third kappa shape index (κ3) is 4.53. The lowest BCUT2D eigenvalue weighted by molar-refractivity contribution is -0.194. The second-order valence-electron chi connectivity index (χ2n) is 9.28. The molecule has 1 N–H and O–H groups in total. The Morgan fingerprint density at radius 3 is 2.21 bits per heavy atom. The number of thiocarbonyl (C=S) groups is 1. The minimum absolute atomic E-state index is 0.169. The molecule has 0 bridgehead atoms. The number of thioether (sulfide) groups is 1. The van der Waals surface area contributed by atoms with Crippen molar-refractivity contribution in [2.24, 2.45) is 0 Å². The fourth-order valence-electron chi connectivity index (χ4n) is 3.17. The molecule has 1 aliphatic rings. The molecule has 5 heteroatoms.